The molecule has 2 unspecified atom stereocenters. The molecule has 1 aliphatic carbocycles. The quantitative estimate of drug-likeness (QED) is 0.839. The smallest absolute Gasteiger partial charge is 0.323 e. The van der Waals surface area contributed by atoms with E-state index < -0.39 is 12.7 Å². The van der Waals surface area contributed by atoms with Gasteiger partial charge in [0.05, 0.1) is 6.54 Å². The Morgan fingerprint density at radius 1 is 1.32 bits per heavy atom. The minimum absolute atomic E-state index is 0.259. The highest BCUT2D eigenvalue weighted by atomic mass is 19.4. The van der Waals surface area contributed by atoms with Gasteiger partial charge in [-0.3, -0.25) is 4.90 Å². The second-order valence-electron chi connectivity index (χ2n) is 5.21. The molecule has 0 bridgehead atoms. The van der Waals surface area contributed by atoms with Crippen molar-refractivity contribution in [1.29, 1.82) is 0 Å². The summed E-state index contributed by atoms with van der Waals surface area (Å²) < 4.78 is 37.5. The van der Waals surface area contributed by atoms with Crippen LogP contribution in [0.1, 0.15) is 30.0 Å². The lowest BCUT2D eigenvalue weighted by atomic mass is 9.96. The number of benzene rings is 1. The van der Waals surface area contributed by atoms with E-state index >= 15 is 0 Å². The average Bonchev–Trinajstić information content (AvgIpc) is 2.47. The molecule has 5 heteroatoms. The molecule has 1 aromatic carbocycles. The molecule has 0 fully saturated rings. The number of aryl methyl sites for hydroxylation is 1. The van der Waals surface area contributed by atoms with Crippen LogP contribution in [-0.4, -0.2) is 30.7 Å². The first-order valence-electron chi connectivity index (χ1n) is 6.49. The van der Waals surface area contributed by atoms with Crippen LogP contribution >= 0.6 is 0 Å². The van der Waals surface area contributed by atoms with Gasteiger partial charge in [-0.1, -0.05) is 24.3 Å². The van der Waals surface area contributed by atoms with Crippen molar-refractivity contribution < 1.29 is 13.2 Å². The minimum atomic E-state index is -4.18. The number of nitrogens with two attached hydrogens (primary N) is 1. The molecule has 19 heavy (non-hydrogen) atoms. The van der Waals surface area contributed by atoms with Crippen LogP contribution in [0, 0.1) is 0 Å². The monoisotopic (exact) mass is 272 g/mol. The van der Waals surface area contributed by atoms with Crippen molar-refractivity contribution in [2.24, 2.45) is 5.73 Å². The molecule has 0 aromatic heterocycles. The van der Waals surface area contributed by atoms with Gasteiger partial charge >= 0.3 is 6.18 Å². The van der Waals surface area contributed by atoms with Gasteiger partial charge < -0.3 is 5.73 Å². The Hall–Kier alpha value is -1.07. The SMILES string of the molecule is CN(CC(F)(F)F)C1CCCc2ccccc2C1N. The number of hydrogen-bond acceptors (Lipinski definition) is 2. The molecule has 0 heterocycles. The molecule has 2 atom stereocenters. The number of hydrogen-bond donors (Lipinski definition) is 1. The van der Waals surface area contributed by atoms with E-state index in [1.807, 2.05) is 24.3 Å². The number of likely N-dealkylation sites (N-methyl/N-ethyl adjacent to an activating group) is 1. The Morgan fingerprint density at radius 3 is 2.68 bits per heavy atom. The van der Waals surface area contributed by atoms with Crippen LogP contribution < -0.4 is 5.73 Å². The summed E-state index contributed by atoms with van der Waals surface area (Å²) in [6.07, 6.45) is -1.72. The Bertz CT molecular complexity index is 431. The maximum absolute atomic E-state index is 12.5. The molecule has 1 aromatic rings. The van der Waals surface area contributed by atoms with Gasteiger partial charge in [0.2, 0.25) is 0 Å². The van der Waals surface area contributed by atoms with Crippen molar-refractivity contribution in [1.82, 2.24) is 4.90 Å². The first kappa shape index (κ1) is 14.3. The summed E-state index contributed by atoms with van der Waals surface area (Å²) in [5.41, 5.74) is 8.35. The first-order valence-corrected chi connectivity index (χ1v) is 6.49. The molecule has 0 spiro atoms. The van der Waals surface area contributed by atoms with Crippen LogP contribution in [0.15, 0.2) is 24.3 Å². The van der Waals surface area contributed by atoms with Crippen LogP contribution in [0.4, 0.5) is 13.2 Å². The third kappa shape index (κ3) is 3.48. The largest absolute Gasteiger partial charge is 0.401 e. The van der Waals surface area contributed by atoms with Crippen molar-refractivity contribution in [3.8, 4) is 0 Å². The standard InChI is InChI=1S/C14H19F3N2/c1-19(9-14(15,16)17)12-8-4-6-10-5-2-3-7-11(10)13(12)18/h2-3,5,7,12-13H,4,6,8-9,18H2,1H3. The maximum Gasteiger partial charge on any atom is 0.401 e. The molecular formula is C14H19F3N2. The number of nitrogens with zero attached hydrogens (tertiary/aromatic N) is 1. The molecule has 0 amide bonds. The Morgan fingerprint density at radius 2 is 2.00 bits per heavy atom. The van der Waals surface area contributed by atoms with E-state index in [9.17, 15) is 13.2 Å². The Balaban J connectivity index is 2.19. The van der Waals surface area contributed by atoms with Crippen molar-refractivity contribution >= 4 is 0 Å². The molecule has 0 radical (unpaired) electrons. The van der Waals surface area contributed by atoms with E-state index in [-0.39, 0.29) is 12.1 Å². The molecule has 106 valence electrons. The summed E-state index contributed by atoms with van der Waals surface area (Å²) in [5.74, 6) is 0. The van der Waals surface area contributed by atoms with Gasteiger partial charge in [0.1, 0.15) is 0 Å². The van der Waals surface area contributed by atoms with Crippen molar-refractivity contribution in [3.05, 3.63) is 35.4 Å². The second-order valence-corrected chi connectivity index (χ2v) is 5.21. The zero-order valence-electron chi connectivity index (χ0n) is 11.0. The van der Waals surface area contributed by atoms with Crippen LogP contribution in [0.5, 0.6) is 0 Å². The van der Waals surface area contributed by atoms with Gasteiger partial charge in [-0.2, -0.15) is 13.2 Å². The molecule has 2 N–H and O–H groups in total. The molecule has 0 saturated carbocycles. The highest BCUT2D eigenvalue weighted by Gasteiger charge is 2.35. The Labute approximate surface area is 111 Å². The predicted molar refractivity (Wildman–Crippen MR) is 68.8 cm³/mol. The highest BCUT2D eigenvalue weighted by molar-refractivity contribution is 5.32. The van der Waals surface area contributed by atoms with Crippen LogP contribution in [0.2, 0.25) is 0 Å². The number of fused-ring (bicyclic) bond motifs is 1. The summed E-state index contributed by atoms with van der Waals surface area (Å²) in [6.45, 7) is -0.909. The van der Waals surface area contributed by atoms with Gasteiger partial charge in [-0.15, -0.1) is 0 Å². The van der Waals surface area contributed by atoms with Crippen LogP contribution in [0.3, 0.4) is 0 Å². The fourth-order valence-corrected chi connectivity index (χ4v) is 2.87. The number of alkyl halides is 3. The molecule has 2 nitrogen and oxygen atoms in total. The second kappa shape index (κ2) is 5.51. The van der Waals surface area contributed by atoms with Crippen LogP contribution in [0.25, 0.3) is 0 Å². The van der Waals surface area contributed by atoms with Gasteiger partial charge in [-0.25, -0.2) is 0 Å². The lowest BCUT2D eigenvalue weighted by Crippen LogP contribution is -2.44. The normalized spacial score (nSPS) is 24.1. The maximum atomic E-state index is 12.5. The van der Waals surface area contributed by atoms with E-state index in [4.69, 9.17) is 5.73 Å². The van der Waals surface area contributed by atoms with Crippen molar-refractivity contribution in [2.45, 2.75) is 37.5 Å². The minimum Gasteiger partial charge on any atom is -0.323 e. The highest BCUT2D eigenvalue weighted by Crippen LogP contribution is 2.31. The van der Waals surface area contributed by atoms with E-state index in [1.165, 1.54) is 11.9 Å². The zero-order valence-corrected chi connectivity index (χ0v) is 11.0. The van der Waals surface area contributed by atoms with E-state index in [0.717, 1.165) is 24.0 Å². The van der Waals surface area contributed by atoms with Gasteiger partial charge in [-0.05, 0) is 37.4 Å². The summed E-state index contributed by atoms with van der Waals surface area (Å²) in [4.78, 5) is 1.34. The van der Waals surface area contributed by atoms with Gasteiger partial charge in [0.25, 0.3) is 0 Å². The molecular weight excluding hydrogens is 253 g/mol. The number of halogens is 3. The third-order valence-electron chi connectivity index (χ3n) is 3.77. The number of rotatable bonds is 2. The molecule has 0 saturated heterocycles. The predicted octanol–water partition coefficient (Wildman–Crippen LogP) is 2.89. The lowest BCUT2D eigenvalue weighted by molar-refractivity contribution is -0.148. The van der Waals surface area contributed by atoms with Crippen LogP contribution in [-0.2, 0) is 6.42 Å². The summed E-state index contributed by atoms with van der Waals surface area (Å²) in [6, 6.07) is 7.17. The fourth-order valence-electron chi connectivity index (χ4n) is 2.87. The van der Waals surface area contributed by atoms with E-state index in [2.05, 4.69) is 0 Å². The lowest BCUT2D eigenvalue weighted by Gasteiger charge is -2.32. The van der Waals surface area contributed by atoms with Gasteiger partial charge in [0.15, 0.2) is 0 Å². The third-order valence-corrected chi connectivity index (χ3v) is 3.77. The average molecular weight is 272 g/mol. The molecule has 0 aliphatic heterocycles. The van der Waals surface area contributed by atoms with Crippen molar-refractivity contribution in [3.63, 3.8) is 0 Å². The first-order chi connectivity index (χ1) is 8.88. The van der Waals surface area contributed by atoms with Crippen molar-refractivity contribution in [2.75, 3.05) is 13.6 Å². The summed E-state index contributed by atoms with van der Waals surface area (Å²) in [7, 11) is 1.51. The summed E-state index contributed by atoms with van der Waals surface area (Å²) >= 11 is 0. The van der Waals surface area contributed by atoms with E-state index in [0.29, 0.717) is 6.42 Å². The Kier molecular flexibility index (Phi) is 4.16. The molecule has 2 rings (SSSR count). The zero-order chi connectivity index (χ0) is 14.0. The molecule has 1 aliphatic rings. The topological polar surface area (TPSA) is 29.3 Å². The van der Waals surface area contributed by atoms with Gasteiger partial charge in [0, 0.05) is 12.1 Å². The fraction of sp³-hybridized carbons (Fsp3) is 0.571. The van der Waals surface area contributed by atoms with E-state index in [1.54, 1.807) is 0 Å². The summed E-state index contributed by atoms with van der Waals surface area (Å²) in [5, 5.41) is 0.